The van der Waals surface area contributed by atoms with Gasteiger partial charge in [-0.05, 0) is 0 Å². The molecule has 0 rings (SSSR count). The molecule has 0 heterocycles. The van der Waals surface area contributed by atoms with Crippen LogP contribution in [0.3, 0.4) is 0 Å². The number of hydrogen-bond acceptors (Lipinski definition) is 0. The maximum Gasteiger partial charge on any atom is 2.00 e. The SMILES string of the molecule is [Ca+2].[Ca+2].[Ca+2].[Ca+2].[Ca+2].[Ca+2].[Ca+2].[Ca+2].[Ca+2].[Ca+2].[Ca+2].[Ca+2].[Ca+2].[Ca+2].[Ca+2].[Ca+2].[Ca+2].[Ca+2].[Ca+2].[Ca+2].[Ca+2].[Ca+2].[Ca+2].[Ca+2].[Ca+2].[Ca+2].[Ca+2].[Ca+2].[Ca+2].[Ca+2].[Ca+2].[Ca+2].[Ca+2].[Ca+2].[Ca+2].[Ca+2].[Ca+2].[Ca+2].[Ca+2].[Ca+2].[Ca+2].[Ca+2].[Ca+2].[Ca+2].[Ca+2].[Ca+2].[Ca+2].[Ca+2].[Ca+2].[Ca+2].[Ca+2].[Ca+2].[Ca+2].[Ca+2].[Ca+2].[Ca+2].[Ca+2].[Ca+2].[Ca+2].[Ca+2].[Ca+2].[Ca+2].[Ca+2].[Ca+2].[Ca+2].[Ca+2].[Ca+2].[Ca+2].[Ca+2].[Ca+2].[Ca+2].[Ca+2].[Ca+2].[Ca+2].[Ca+2].[Ca+2].[Ca+2].[Ca+2].[Ca+2].[Ca+2].[Ca+2].[Ca+2].[Ca+2].[Ca+2].[Ca+2].[Ca+2].[Ca+2].[Ca+2].[Ca+2].[Ca+2].[Ca+2].[Ca+2].[Ca+2].[Ca+2].[Ca+2].[Ca+2].[Ca+2].[Ca+2].[Ca+2].[Ca+2].[Ca+2].[Ca+2].[Ca+2].[Ca+2].[Ca+2].[Ca+2].[Ca+2].[Ca+2].[Ca+2].[Ca+2].[Ca+2].[Ca+2].[Ca+2].[Ca+2].[Ca+2].[Ca+2].[Ca+2].[Ca+2].[Ca+2].[Ca+2].[Ca+2].[Ca+2].[Ca+2].[Ca+2].[Ca+2].[Ca+2].[Ca+2].[Ca+2].[Ca+2].[Ca+2].[Ca+2].[Ca+2].[Ca+2].[Ca+2].[Ca+2].[Ca+2].[Ca+2].[Ca+2].[Ca+2].[Ca+2]. The second kappa shape index (κ2) is 1000. The normalized spacial score (nSPS) is 0. The van der Waals surface area contributed by atoms with Gasteiger partial charge in [-0.1, -0.05) is 0 Å². The van der Waals surface area contributed by atoms with Crippen molar-refractivity contribution in [1.82, 2.24) is 0 Å². The molecule has 0 radical (unpaired) electrons. The van der Waals surface area contributed by atoms with Gasteiger partial charge in [-0.3, -0.25) is 0 Å². The van der Waals surface area contributed by atoms with Crippen LogP contribution in [0, 0.1) is 0 Å². The molecular weight excluding hydrogens is 5610 g/mol. The summed E-state index contributed by atoms with van der Waals surface area (Å²) in [5.74, 6) is 0. The summed E-state index contributed by atoms with van der Waals surface area (Å²) < 4.78 is 0. The third-order valence-electron chi connectivity index (χ3n) is 0. The Hall–Kier alpha value is 176. The molecule has 0 aromatic rings. The predicted molar refractivity (Wildman–Crippen MR) is 806 cm³/mol. The molecule has 0 bridgehead atoms. The molecule has 0 aliphatic heterocycles. The summed E-state index contributed by atoms with van der Waals surface area (Å²) in [5, 5.41) is 0. The van der Waals surface area contributed by atoms with Gasteiger partial charge in [0.2, 0.25) is 0 Å². The molecule has 0 spiro atoms. The van der Waals surface area contributed by atoms with Gasteiger partial charge in [0.25, 0.3) is 0 Å². The van der Waals surface area contributed by atoms with Crippen LogP contribution in [-0.4, -0.2) is 5280 Å². The molecule has 0 unspecified atom stereocenters. The third kappa shape index (κ3) is 992. The van der Waals surface area contributed by atoms with Crippen molar-refractivity contribution in [3.8, 4) is 0 Å². The first-order valence-corrected chi connectivity index (χ1v) is 0. The molecule has 140 heavy (non-hydrogen) atoms. The van der Waals surface area contributed by atoms with E-state index in [0.29, 0.717) is 0 Å². The predicted octanol–water partition coefficient (Wildman–Crippen LogP) is -53.3. The average molecular weight is 5610 g/mol. The Labute approximate surface area is 5060 Å². The summed E-state index contributed by atoms with van der Waals surface area (Å²) in [4.78, 5) is 0. The largest absolute Gasteiger partial charge is 2.00 e. The van der Waals surface area contributed by atoms with E-state index in [1.807, 2.05) is 0 Å². The fourth-order valence-corrected chi connectivity index (χ4v) is 0. The van der Waals surface area contributed by atoms with Gasteiger partial charge < -0.3 is 0 Å². The van der Waals surface area contributed by atoms with Gasteiger partial charge in [0.1, 0.15) is 0 Å². The van der Waals surface area contributed by atoms with Gasteiger partial charge in [-0.25, -0.2) is 0 Å². The van der Waals surface area contributed by atoms with Gasteiger partial charge in [0.05, 0.1) is 0 Å². The van der Waals surface area contributed by atoms with Crippen LogP contribution < -0.4 is 0 Å². The molecule has 0 amide bonds. The first-order valence-electron chi connectivity index (χ1n) is 0. The summed E-state index contributed by atoms with van der Waals surface area (Å²) in [6, 6.07) is 0. The van der Waals surface area contributed by atoms with E-state index in [9.17, 15) is 0 Å². The van der Waals surface area contributed by atoms with Gasteiger partial charge in [0.15, 0.2) is 0 Å². The van der Waals surface area contributed by atoms with Crippen molar-refractivity contribution < 1.29 is 0 Å². The molecule has 0 aliphatic carbocycles. The fraction of sp³-hybridized carbons (Fsp3) is 0. The van der Waals surface area contributed by atoms with Gasteiger partial charge in [0, 0.05) is 0 Å². The van der Waals surface area contributed by atoms with Crippen molar-refractivity contribution in [2.75, 3.05) is 0 Å². The summed E-state index contributed by atoms with van der Waals surface area (Å²) in [6.07, 6.45) is 0. The first-order chi connectivity index (χ1) is 0. The Kier molecular flexibility index (Phi) is 7240. The number of rotatable bonds is 0. The topological polar surface area (TPSA) is 0 Å². The molecule has 0 aromatic carbocycles. The van der Waals surface area contributed by atoms with Crippen LogP contribution in [0.4, 0.5) is 0 Å². The average Bonchev–Trinajstić information content (AvgIpc) is 0. The zero-order valence-electron chi connectivity index (χ0n) is 99.0. The van der Waals surface area contributed by atoms with Crippen LogP contribution in [0.2, 0.25) is 0 Å². The molecule has 0 aromatic heterocycles. The Morgan fingerprint density at radius 3 is 0.00714 bits per heavy atom. The van der Waals surface area contributed by atoms with E-state index in [1.165, 1.54) is 0 Å². The van der Waals surface area contributed by atoms with Crippen LogP contribution in [0.25, 0.3) is 0 Å². The van der Waals surface area contributed by atoms with Crippen LogP contribution >= 0.6 is 0 Å². The molecule has 0 N–H and O–H groups in total. The smallest absolute Gasteiger partial charge is 2.00 e. The van der Waals surface area contributed by atoms with Gasteiger partial charge >= 0.3 is 5280 Å². The zero-order valence-corrected chi connectivity index (χ0v) is 408. The van der Waals surface area contributed by atoms with Crippen LogP contribution in [0.1, 0.15) is 0 Å². The molecule has 140 heteroatoms. The van der Waals surface area contributed by atoms with Crippen LogP contribution in [-0.2, 0) is 0 Å². The van der Waals surface area contributed by atoms with E-state index < -0.39 is 0 Å². The fourth-order valence-electron chi connectivity index (χ4n) is 0. The van der Waals surface area contributed by atoms with E-state index in [0.717, 1.165) is 0 Å². The van der Waals surface area contributed by atoms with E-state index in [2.05, 4.69) is 0 Å². The second-order valence-corrected chi connectivity index (χ2v) is 0. The first kappa shape index (κ1) is 1010. The Morgan fingerprint density at radius 1 is 0.00714 bits per heavy atom. The minimum absolute atomic E-state index is 0. The minimum atomic E-state index is 0. The maximum atomic E-state index is 0. The molecule has 0 saturated heterocycles. The molecule has 0 fully saturated rings. The van der Waals surface area contributed by atoms with Crippen LogP contribution in [0.5, 0.6) is 0 Å². The quantitative estimate of drug-likeness (QED) is 0.212. The van der Waals surface area contributed by atoms with Crippen molar-refractivity contribution in [3.05, 3.63) is 0 Å². The summed E-state index contributed by atoms with van der Waals surface area (Å²) >= 11 is 0. The maximum absolute atomic E-state index is 0. The van der Waals surface area contributed by atoms with Crippen molar-refractivity contribution in [2.45, 2.75) is 0 Å². The van der Waals surface area contributed by atoms with E-state index in [-0.39, 0.29) is 5280 Å². The third-order valence-corrected chi connectivity index (χ3v) is 0. The Morgan fingerprint density at radius 2 is 0.00714 bits per heavy atom. The zero-order chi connectivity index (χ0) is 0. The molecule has 0 saturated carbocycles. The summed E-state index contributed by atoms with van der Waals surface area (Å²) in [5.41, 5.74) is 0. The van der Waals surface area contributed by atoms with Gasteiger partial charge in [-0.2, -0.15) is 0 Å². The monoisotopic (exact) mass is 5590 g/mol. The second-order valence-electron chi connectivity index (χ2n) is 0. The number of hydrogen-bond donors (Lipinski definition) is 0. The van der Waals surface area contributed by atoms with Crippen LogP contribution in [0.15, 0.2) is 0 Å². The van der Waals surface area contributed by atoms with E-state index >= 15 is 0 Å². The Balaban J connectivity index is 0. The summed E-state index contributed by atoms with van der Waals surface area (Å²) in [7, 11) is 0. The van der Waals surface area contributed by atoms with Gasteiger partial charge in [-0.15, -0.1) is 0 Å². The standard InChI is InChI=1S/140Ca/q140*+2. The van der Waals surface area contributed by atoms with Crippen molar-refractivity contribution in [2.24, 2.45) is 0 Å². The van der Waals surface area contributed by atoms with Crippen molar-refractivity contribution in [3.63, 3.8) is 0 Å². The molecule has 0 aliphatic rings. The van der Waals surface area contributed by atoms with E-state index in [1.54, 1.807) is 0 Å². The molecule has 0 valence electrons. The Bertz CT molecular complexity index is 0. The summed E-state index contributed by atoms with van der Waals surface area (Å²) in [6.45, 7) is 0. The molecule has 0 nitrogen and oxygen atoms in total. The molecule has 0 atom stereocenters. The van der Waals surface area contributed by atoms with E-state index in [4.69, 9.17) is 0 Å². The minimum Gasteiger partial charge on any atom is 2.00 e. The van der Waals surface area contributed by atoms with Crippen molar-refractivity contribution in [1.29, 1.82) is 0 Å². The molecular formula is Ca140+280. The van der Waals surface area contributed by atoms with Crippen molar-refractivity contribution >= 4 is 5280 Å².